The lowest BCUT2D eigenvalue weighted by molar-refractivity contribution is -0.908. The van der Waals surface area contributed by atoms with Crippen LogP contribution in [0.15, 0.2) is 48.0 Å². The molecule has 1 amide bonds. The Hall–Kier alpha value is -3.07. The molecule has 4 rings (SSSR count). The van der Waals surface area contributed by atoms with Crippen LogP contribution in [0, 0.1) is 0 Å². The number of methoxy groups -OCH3 is 2. The van der Waals surface area contributed by atoms with E-state index in [1.54, 1.807) is 49.6 Å². The summed E-state index contributed by atoms with van der Waals surface area (Å²) in [6.07, 6.45) is 0.686. The third-order valence-corrected chi connectivity index (χ3v) is 6.75. The number of amides is 1. The number of carbonyl (C=O) groups excluding carboxylic acids is 2. The van der Waals surface area contributed by atoms with Gasteiger partial charge in [-0.1, -0.05) is 29.5 Å². The number of nitrogens with zero attached hydrogens (tertiary/aromatic N) is 1. The SMILES string of the molecule is COc1ccc(C2C(=C([O-])c3ccc(Cl)cc3)C(=O)C(=O)N2CCC[NH+]2CCOCC2)c(OC)c1. The fourth-order valence-electron chi connectivity index (χ4n) is 4.63. The maximum absolute atomic E-state index is 13.5. The Morgan fingerprint density at radius 1 is 1.11 bits per heavy atom. The normalized spacial score (nSPS) is 20.3. The molecule has 9 heteroatoms. The number of ketones is 1. The summed E-state index contributed by atoms with van der Waals surface area (Å²) >= 11 is 5.98. The van der Waals surface area contributed by atoms with E-state index in [4.69, 9.17) is 25.8 Å². The molecular weight excluding hydrogens is 472 g/mol. The summed E-state index contributed by atoms with van der Waals surface area (Å²) < 4.78 is 16.3. The molecule has 0 aliphatic carbocycles. The lowest BCUT2D eigenvalue weighted by Gasteiger charge is -2.29. The number of hydrogen-bond donors (Lipinski definition) is 1. The van der Waals surface area contributed by atoms with E-state index >= 15 is 0 Å². The first-order valence-corrected chi connectivity index (χ1v) is 12.0. The molecule has 2 fully saturated rings. The summed E-state index contributed by atoms with van der Waals surface area (Å²) in [5, 5.41) is 14.0. The van der Waals surface area contributed by atoms with E-state index in [2.05, 4.69) is 0 Å². The number of rotatable bonds is 8. The van der Waals surface area contributed by atoms with Crippen molar-refractivity contribution < 1.29 is 33.8 Å². The van der Waals surface area contributed by atoms with Crippen molar-refractivity contribution in [1.82, 2.24) is 4.90 Å². The first-order valence-electron chi connectivity index (χ1n) is 11.6. The molecule has 35 heavy (non-hydrogen) atoms. The summed E-state index contributed by atoms with van der Waals surface area (Å²) in [5.74, 6) is -0.964. The van der Waals surface area contributed by atoms with Crippen LogP contribution in [-0.2, 0) is 14.3 Å². The second-order valence-corrected chi connectivity index (χ2v) is 8.99. The van der Waals surface area contributed by atoms with E-state index in [0.717, 1.165) is 32.8 Å². The van der Waals surface area contributed by atoms with Gasteiger partial charge in [0.2, 0.25) is 5.78 Å². The third-order valence-electron chi connectivity index (χ3n) is 6.50. The molecule has 0 radical (unpaired) electrons. The zero-order valence-electron chi connectivity index (χ0n) is 19.8. The first kappa shape index (κ1) is 25.0. The van der Waals surface area contributed by atoms with Gasteiger partial charge in [-0.25, -0.2) is 0 Å². The van der Waals surface area contributed by atoms with E-state index < -0.39 is 23.5 Å². The fourth-order valence-corrected chi connectivity index (χ4v) is 4.76. The maximum Gasteiger partial charge on any atom is 0.295 e. The van der Waals surface area contributed by atoms with Crippen molar-refractivity contribution in [3.63, 3.8) is 0 Å². The molecule has 1 N–H and O–H groups in total. The summed E-state index contributed by atoms with van der Waals surface area (Å²) in [5.41, 5.74) is 0.769. The average Bonchev–Trinajstić information content (AvgIpc) is 3.13. The van der Waals surface area contributed by atoms with Gasteiger partial charge in [-0.3, -0.25) is 9.59 Å². The largest absolute Gasteiger partial charge is 0.872 e. The highest BCUT2D eigenvalue weighted by molar-refractivity contribution is 6.46. The van der Waals surface area contributed by atoms with Crippen LogP contribution in [0.4, 0.5) is 0 Å². The lowest BCUT2D eigenvalue weighted by atomic mass is 9.94. The minimum absolute atomic E-state index is 0.0838. The van der Waals surface area contributed by atoms with Gasteiger partial charge in [0.05, 0.1) is 40.0 Å². The zero-order valence-corrected chi connectivity index (χ0v) is 20.6. The van der Waals surface area contributed by atoms with Gasteiger partial charge in [0.15, 0.2) is 0 Å². The van der Waals surface area contributed by atoms with Gasteiger partial charge in [-0.15, -0.1) is 0 Å². The Morgan fingerprint density at radius 3 is 2.49 bits per heavy atom. The van der Waals surface area contributed by atoms with Gasteiger partial charge in [0.1, 0.15) is 24.6 Å². The van der Waals surface area contributed by atoms with E-state index in [0.29, 0.717) is 40.6 Å². The van der Waals surface area contributed by atoms with Gasteiger partial charge >= 0.3 is 0 Å². The Balaban J connectivity index is 1.73. The Kier molecular flexibility index (Phi) is 7.95. The smallest absolute Gasteiger partial charge is 0.295 e. The number of carbonyl (C=O) groups is 2. The molecule has 0 saturated carbocycles. The van der Waals surface area contributed by atoms with Crippen molar-refractivity contribution >= 4 is 29.1 Å². The number of morpholine rings is 1. The average molecular weight is 501 g/mol. The molecule has 2 aliphatic heterocycles. The predicted molar refractivity (Wildman–Crippen MR) is 128 cm³/mol. The zero-order chi connectivity index (χ0) is 24.9. The topological polar surface area (TPSA) is 92.6 Å². The van der Waals surface area contributed by atoms with E-state index in [1.807, 2.05) is 0 Å². The Bertz CT molecular complexity index is 1110. The maximum atomic E-state index is 13.5. The molecule has 186 valence electrons. The number of quaternary nitrogens is 1. The predicted octanol–water partition coefficient (Wildman–Crippen LogP) is 0.886. The molecule has 0 bridgehead atoms. The molecule has 2 saturated heterocycles. The minimum Gasteiger partial charge on any atom is -0.872 e. The van der Waals surface area contributed by atoms with E-state index in [1.165, 1.54) is 16.9 Å². The number of nitrogens with one attached hydrogen (secondary N) is 1. The molecule has 2 heterocycles. The molecule has 1 unspecified atom stereocenters. The summed E-state index contributed by atoms with van der Waals surface area (Å²) in [4.78, 5) is 29.3. The van der Waals surface area contributed by atoms with Crippen molar-refractivity contribution in [2.24, 2.45) is 0 Å². The number of likely N-dealkylation sites (tertiary alicyclic amines) is 1. The van der Waals surface area contributed by atoms with Crippen LogP contribution in [0.1, 0.15) is 23.6 Å². The molecule has 1 atom stereocenters. The van der Waals surface area contributed by atoms with Crippen molar-refractivity contribution in [1.29, 1.82) is 0 Å². The number of Topliss-reactive ketones (excluding diaryl/α,β-unsaturated/α-hetero) is 1. The van der Waals surface area contributed by atoms with Crippen molar-refractivity contribution in [2.75, 3.05) is 53.6 Å². The van der Waals surface area contributed by atoms with Crippen LogP contribution in [-0.4, -0.2) is 70.2 Å². The highest BCUT2D eigenvalue weighted by Crippen LogP contribution is 2.43. The molecular formula is C26H29ClN2O6. The quantitative estimate of drug-likeness (QED) is 0.329. The summed E-state index contributed by atoms with van der Waals surface area (Å²) in [6.45, 7) is 4.44. The van der Waals surface area contributed by atoms with Crippen LogP contribution in [0.25, 0.3) is 5.76 Å². The van der Waals surface area contributed by atoms with Crippen molar-refractivity contribution in [3.05, 3.63) is 64.2 Å². The summed E-state index contributed by atoms with van der Waals surface area (Å²) in [7, 11) is 3.04. The number of benzene rings is 2. The third kappa shape index (κ3) is 5.29. The minimum atomic E-state index is -0.862. The van der Waals surface area contributed by atoms with Crippen LogP contribution < -0.4 is 19.5 Å². The van der Waals surface area contributed by atoms with Crippen molar-refractivity contribution in [3.8, 4) is 11.5 Å². The Labute approximate surface area is 209 Å². The molecule has 8 nitrogen and oxygen atoms in total. The molecule has 0 aromatic heterocycles. The van der Waals surface area contributed by atoms with Crippen LogP contribution in [0.2, 0.25) is 5.02 Å². The van der Waals surface area contributed by atoms with Gasteiger partial charge < -0.3 is 29.1 Å². The summed E-state index contributed by atoms with van der Waals surface area (Å²) in [6, 6.07) is 10.6. The first-order chi connectivity index (χ1) is 16.9. The van der Waals surface area contributed by atoms with Crippen LogP contribution in [0.5, 0.6) is 11.5 Å². The second-order valence-electron chi connectivity index (χ2n) is 8.55. The lowest BCUT2D eigenvalue weighted by Crippen LogP contribution is -3.14. The Morgan fingerprint density at radius 2 is 1.83 bits per heavy atom. The van der Waals surface area contributed by atoms with Gasteiger partial charge in [0.25, 0.3) is 5.91 Å². The fraction of sp³-hybridized carbons (Fsp3) is 0.385. The molecule has 2 aliphatic rings. The number of halogens is 1. The molecule has 0 spiro atoms. The van der Waals surface area contributed by atoms with Crippen LogP contribution >= 0.6 is 11.6 Å². The number of ether oxygens (including phenoxy) is 3. The molecule has 2 aromatic rings. The monoisotopic (exact) mass is 500 g/mol. The second kappa shape index (κ2) is 11.1. The highest BCUT2D eigenvalue weighted by atomic mass is 35.5. The van der Waals surface area contributed by atoms with Crippen molar-refractivity contribution in [2.45, 2.75) is 12.5 Å². The molecule has 2 aromatic carbocycles. The van der Waals surface area contributed by atoms with Gasteiger partial charge in [-0.2, -0.15) is 0 Å². The van der Waals surface area contributed by atoms with E-state index in [-0.39, 0.29) is 5.57 Å². The van der Waals surface area contributed by atoms with Gasteiger partial charge in [-0.05, 0) is 29.8 Å². The highest BCUT2D eigenvalue weighted by Gasteiger charge is 2.45. The van der Waals surface area contributed by atoms with E-state index in [9.17, 15) is 14.7 Å². The van der Waals surface area contributed by atoms with Crippen LogP contribution in [0.3, 0.4) is 0 Å². The number of hydrogen-bond acceptors (Lipinski definition) is 6. The van der Waals surface area contributed by atoms with Gasteiger partial charge in [0, 0.05) is 35.2 Å². The standard InChI is InChI=1S/C26H29ClN2O6/c1-33-19-8-9-20(21(16-19)34-2)23-22(24(30)17-4-6-18(27)7-5-17)25(31)26(32)29(23)11-3-10-28-12-14-35-15-13-28/h4-9,16,23,30H,3,10-15H2,1-2H3.